The number of aliphatic hydroxyl groups excluding tert-OH is 3. The molecular formula is C13H22ClN3O4. The zero-order chi connectivity index (χ0) is 14.5. The van der Waals surface area contributed by atoms with Crippen LogP contribution in [0, 0.1) is 0 Å². The van der Waals surface area contributed by atoms with Gasteiger partial charge >= 0.3 is 0 Å². The molecule has 21 heavy (non-hydrogen) atoms. The molecule has 0 unspecified atom stereocenters. The van der Waals surface area contributed by atoms with E-state index in [0.717, 1.165) is 23.4 Å². The predicted molar refractivity (Wildman–Crippen MR) is 82.0 cm³/mol. The summed E-state index contributed by atoms with van der Waals surface area (Å²) in [6.45, 7) is 1.09. The number of nitrogens with one attached hydrogen (secondary N) is 2. The first kappa shape index (κ1) is 17.9. The van der Waals surface area contributed by atoms with E-state index in [1.54, 1.807) is 11.1 Å². The molecule has 8 heteroatoms. The Labute approximate surface area is 129 Å². The third-order valence-corrected chi connectivity index (χ3v) is 3.65. The van der Waals surface area contributed by atoms with Gasteiger partial charge in [0, 0.05) is 42.6 Å². The number of fused-ring (bicyclic) bond motifs is 1. The molecule has 1 aliphatic heterocycles. The van der Waals surface area contributed by atoms with Gasteiger partial charge < -0.3 is 25.6 Å². The summed E-state index contributed by atoms with van der Waals surface area (Å²) in [6.07, 6.45) is 2.34. The van der Waals surface area contributed by atoms with Crippen molar-refractivity contribution in [3.05, 3.63) is 27.7 Å². The van der Waals surface area contributed by atoms with Crippen molar-refractivity contribution in [1.29, 1.82) is 0 Å². The molecule has 0 radical (unpaired) electrons. The van der Waals surface area contributed by atoms with Gasteiger partial charge in [0.1, 0.15) is 0 Å². The SMILES string of the molecule is Cl.O=c1[nH]cc(CN(CCO)C(CO)CO)c2c1CCN2. The summed E-state index contributed by atoms with van der Waals surface area (Å²) < 4.78 is 0. The van der Waals surface area contributed by atoms with Crippen molar-refractivity contribution in [2.45, 2.75) is 19.0 Å². The van der Waals surface area contributed by atoms with Crippen molar-refractivity contribution < 1.29 is 15.3 Å². The second-order valence-corrected chi connectivity index (χ2v) is 4.89. The third-order valence-electron chi connectivity index (χ3n) is 3.65. The molecule has 0 atom stereocenters. The fourth-order valence-corrected chi connectivity index (χ4v) is 2.54. The maximum atomic E-state index is 11.7. The number of nitrogens with zero attached hydrogens (tertiary/aromatic N) is 1. The molecule has 1 aromatic rings. The zero-order valence-electron chi connectivity index (χ0n) is 11.7. The standard InChI is InChI=1S/C13H21N3O4.ClH/c17-4-3-16(10(7-18)8-19)6-9-5-15-13(20)11-1-2-14-12(9)11;/h5,10,14,17-19H,1-4,6-8H2,(H,15,20);1H. The summed E-state index contributed by atoms with van der Waals surface area (Å²) in [5, 5.41) is 30.9. The van der Waals surface area contributed by atoms with E-state index in [1.165, 1.54) is 0 Å². The molecule has 0 aliphatic carbocycles. The zero-order valence-corrected chi connectivity index (χ0v) is 12.5. The number of hydrogen-bond donors (Lipinski definition) is 5. The topological polar surface area (TPSA) is 109 Å². The Morgan fingerprint density at radius 1 is 1.29 bits per heavy atom. The smallest absolute Gasteiger partial charge is 0.253 e. The van der Waals surface area contributed by atoms with Crippen LogP contribution in [0.2, 0.25) is 0 Å². The Kier molecular flexibility index (Phi) is 7.13. The number of H-pyrrole nitrogens is 1. The fourth-order valence-electron chi connectivity index (χ4n) is 2.54. The summed E-state index contributed by atoms with van der Waals surface area (Å²) in [6, 6.07) is -0.425. The van der Waals surface area contributed by atoms with Gasteiger partial charge in [-0.1, -0.05) is 0 Å². The lowest BCUT2D eigenvalue weighted by Crippen LogP contribution is -2.42. The largest absolute Gasteiger partial charge is 0.395 e. The summed E-state index contributed by atoms with van der Waals surface area (Å²) in [5.74, 6) is 0. The first-order valence-corrected chi connectivity index (χ1v) is 6.75. The molecule has 5 N–H and O–H groups in total. The van der Waals surface area contributed by atoms with Gasteiger partial charge in [0.05, 0.1) is 25.9 Å². The number of anilines is 1. The molecule has 0 spiro atoms. The van der Waals surface area contributed by atoms with Crippen LogP contribution < -0.4 is 10.9 Å². The first-order valence-electron chi connectivity index (χ1n) is 6.75. The van der Waals surface area contributed by atoms with E-state index in [4.69, 9.17) is 5.11 Å². The highest BCUT2D eigenvalue weighted by Gasteiger charge is 2.22. The van der Waals surface area contributed by atoms with Gasteiger partial charge in [-0.3, -0.25) is 9.69 Å². The minimum atomic E-state index is -0.425. The van der Waals surface area contributed by atoms with Gasteiger partial charge in [-0.2, -0.15) is 0 Å². The highest BCUT2D eigenvalue weighted by Crippen LogP contribution is 2.24. The van der Waals surface area contributed by atoms with Crippen molar-refractivity contribution in [2.24, 2.45) is 0 Å². The molecule has 2 heterocycles. The lowest BCUT2D eigenvalue weighted by molar-refractivity contribution is 0.0563. The summed E-state index contributed by atoms with van der Waals surface area (Å²) in [4.78, 5) is 16.2. The highest BCUT2D eigenvalue weighted by atomic mass is 35.5. The molecule has 1 aromatic heterocycles. The Morgan fingerprint density at radius 3 is 2.62 bits per heavy atom. The monoisotopic (exact) mass is 319 g/mol. The summed E-state index contributed by atoms with van der Waals surface area (Å²) in [7, 11) is 0. The highest BCUT2D eigenvalue weighted by molar-refractivity contribution is 5.85. The van der Waals surface area contributed by atoms with E-state index >= 15 is 0 Å². The molecule has 7 nitrogen and oxygen atoms in total. The molecule has 0 fully saturated rings. The van der Waals surface area contributed by atoms with Gasteiger partial charge in [-0.05, 0) is 6.42 Å². The Morgan fingerprint density at radius 2 is 2.00 bits per heavy atom. The van der Waals surface area contributed by atoms with E-state index in [2.05, 4.69) is 10.3 Å². The van der Waals surface area contributed by atoms with Crippen LogP contribution in [0.1, 0.15) is 11.1 Å². The van der Waals surface area contributed by atoms with Crippen molar-refractivity contribution in [3.8, 4) is 0 Å². The van der Waals surface area contributed by atoms with Crippen molar-refractivity contribution in [1.82, 2.24) is 9.88 Å². The predicted octanol–water partition coefficient (Wildman–Crippen LogP) is -1.09. The van der Waals surface area contributed by atoms with Crippen LogP contribution in [0.25, 0.3) is 0 Å². The van der Waals surface area contributed by atoms with E-state index in [9.17, 15) is 15.0 Å². The van der Waals surface area contributed by atoms with Gasteiger partial charge in [0.25, 0.3) is 5.56 Å². The van der Waals surface area contributed by atoms with E-state index in [1.807, 2.05) is 0 Å². The summed E-state index contributed by atoms with van der Waals surface area (Å²) >= 11 is 0. The second-order valence-electron chi connectivity index (χ2n) is 4.89. The van der Waals surface area contributed by atoms with Crippen LogP contribution in [0.4, 0.5) is 5.69 Å². The van der Waals surface area contributed by atoms with Crippen LogP contribution in [-0.2, 0) is 13.0 Å². The number of pyridine rings is 1. The second kappa shape index (κ2) is 8.35. The van der Waals surface area contributed by atoms with Gasteiger partial charge in [0.2, 0.25) is 0 Å². The number of halogens is 1. The van der Waals surface area contributed by atoms with Crippen LogP contribution in [-0.4, -0.2) is 64.2 Å². The van der Waals surface area contributed by atoms with Gasteiger partial charge in [-0.15, -0.1) is 12.4 Å². The number of hydrogen-bond acceptors (Lipinski definition) is 6. The molecule has 0 amide bonds. The van der Waals surface area contributed by atoms with Crippen LogP contribution in [0.3, 0.4) is 0 Å². The third kappa shape index (κ3) is 3.96. The first-order chi connectivity index (χ1) is 9.71. The van der Waals surface area contributed by atoms with Gasteiger partial charge in [-0.25, -0.2) is 0 Å². The fraction of sp³-hybridized carbons (Fsp3) is 0.615. The normalized spacial score (nSPS) is 13.2. The Hall–Kier alpha value is -1.12. The minimum Gasteiger partial charge on any atom is -0.395 e. The average Bonchev–Trinajstić information content (AvgIpc) is 2.94. The van der Waals surface area contributed by atoms with E-state index in [0.29, 0.717) is 19.5 Å². The molecular weight excluding hydrogens is 298 g/mol. The van der Waals surface area contributed by atoms with Gasteiger partial charge in [0.15, 0.2) is 0 Å². The number of aromatic nitrogens is 1. The van der Waals surface area contributed by atoms with Crippen molar-refractivity contribution >= 4 is 18.1 Å². The Balaban J connectivity index is 0.00000220. The number of aromatic amines is 1. The molecule has 0 aromatic carbocycles. The maximum absolute atomic E-state index is 11.7. The quantitative estimate of drug-likeness (QED) is 0.437. The lowest BCUT2D eigenvalue weighted by atomic mass is 10.1. The molecule has 2 rings (SSSR count). The van der Waals surface area contributed by atoms with E-state index < -0.39 is 6.04 Å². The van der Waals surface area contributed by atoms with Crippen molar-refractivity contribution in [3.63, 3.8) is 0 Å². The van der Waals surface area contributed by atoms with Crippen molar-refractivity contribution in [2.75, 3.05) is 38.2 Å². The molecule has 0 saturated carbocycles. The maximum Gasteiger partial charge on any atom is 0.253 e. The summed E-state index contributed by atoms with van der Waals surface area (Å²) in [5.41, 5.74) is 2.41. The lowest BCUT2D eigenvalue weighted by Gasteiger charge is -2.29. The molecule has 1 aliphatic rings. The average molecular weight is 320 g/mol. The molecule has 120 valence electrons. The van der Waals surface area contributed by atoms with Crippen LogP contribution in [0.5, 0.6) is 0 Å². The van der Waals surface area contributed by atoms with Crippen LogP contribution >= 0.6 is 12.4 Å². The number of aliphatic hydroxyl groups is 3. The minimum absolute atomic E-state index is 0. The molecule has 0 saturated heterocycles. The molecule has 0 bridgehead atoms. The van der Waals surface area contributed by atoms with Crippen LogP contribution in [0.15, 0.2) is 11.0 Å². The number of rotatable bonds is 7. The van der Waals surface area contributed by atoms with E-state index in [-0.39, 0.29) is 37.8 Å². The Bertz CT molecular complexity index is 505.